The van der Waals surface area contributed by atoms with Gasteiger partial charge < -0.3 is 9.80 Å². The van der Waals surface area contributed by atoms with Crippen LogP contribution in [0.5, 0.6) is 0 Å². The van der Waals surface area contributed by atoms with Gasteiger partial charge in [-0.25, -0.2) is 4.98 Å². The van der Waals surface area contributed by atoms with Crippen LogP contribution in [0.15, 0.2) is 41.1 Å². The van der Waals surface area contributed by atoms with Crippen LogP contribution in [0, 0.1) is 12.8 Å². The summed E-state index contributed by atoms with van der Waals surface area (Å²) in [5.41, 5.74) is 3.52. The van der Waals surface area contributed by atoms with Crippen LogP contribution < -0.4 is 10.2 Å². The number of carbonyl (C=O) groups is 3. The van der Waals surface area contributed by atoms with Gasteiger partial charge in [0.05, 0.1) is 23.7 Å². The van der Waals surface area contributed by atoms with Crippen LogP contribution in [0.3, 0.4) is 0 Å². The molecule has 0 spiro atoms. The number of nitrogens with zero attached hydrogens (tertiary/aromatic N) is 3. The minimum atomic E-state index is -0.337. The van der Waals surface area contributed by atoms with E-state index in [9.17, 15) is 14.4 Å². The molecule has 2 aliphatic heterocycles. The summed E-state index contributed by atoms with van der Waals surface area (Å²) >= 11 is 2.88. The van der Waals surface area contributed by atoms with Crippen molar-refractivity contribution in [3.05, 3.63) is 62.8 Å². The van der Waals surface area contributed by atoms with Crippen molar-refractivity contribution in [1.29, 1.82) is 0 Å². The summed E-state index contributed by atoms with van der Waals surface area (Å²) in [6, 6.07) is 9.58. The van der Waals surface area contributed by atoms with E-state index < -0.39 is 0 Å². The Kier molecular flexibility index (Phi) is 5.52. The van der Waals surface area contributed by atoms with Crippen molar-refractivity contribution in [2.45, 2.75) is 26.3 Å². The van der Waals surface area contributed by atoms with Crippen LogP contribution in [0.1, 0.15) is 32.9 Å². The third kappa shape index (κ3) is 4.05. The molecule has 2 aromatic heterocycles. The Morgan fingerprint density at radius 1 is 1.19 bits per heavy atom. The molecule has 1 N–H and O–H groups in total. The van der Waals surface area contributed by atoms with Gasteiger partial charge in [0.2, 0.25) is 11.8 Å². The molecule has 1 saturated heterocycles. The van der Waals surface area contributed by atoms with E-state index in [-0.39, 0.29) is 30.1 Å². The molecule has 9 heteroatoms. The van der Waals surface area contributed by atoms with E-state index in [0.29, 0.717) is 36.8 Å². The molecule has 1 atom stereocenters. The quantitative estimate of drug-likeness (QED) is 0.636. The lowest BCUT2D eigenvalue weighted by Gasteiger charge is -2.28. The van der Waals surface area contributed by atoms with E-state index in [1.807, 2.05) is 41.5 Å². The molecule has 0 saturated carbocycles. The number of hydrogen-bond donors (Lipinski definition) is 1. The lowest BCUT2D eigenvalue weighted by Crippen LogP contribution is -2.40. The van der Waals surface area contributed by atoms with Gasteiger partial charge in [0.1, 0.15) is 0 Å². The van der Waals surface area contributed by atoms with Crippen molar-refractivity contribution < 1.29 is 14.4 Å². The third-order valence-corrected chi connectivity index (χ3v) is 7.55. The summed E-state index contributed by atoms with van der Waals surface area (Å²) in [5, 5.41) is 7.07. The first-order valence-electron chi connectivity index (χ1n) is 10.5. The SMILES string of the molecule is Cc1ccc(N2CC(C(=O)N3CCc4nc(NC(=O)c5ccsc5)sc4C3)CC2=O)cc1. The molecule has 32 heavy (non-hydrogen) atoms. The lowest BCUT2D eigenvalue weighted by molar-refractivity contribution is -0.136. The molecule has 7 nitrogen and oxygen atoms in total. The van der Waals surface area contributed by atoms with Gasteiger partial charge >= 0.3 is 0 Å². The van der Waals surface area contributed by atoms with Crippen LogP contribution >= 0.6 is 22.7 Å². The first-order chi connectivity index (χ1) is 15.5. The second kappa shape index (κ2) is 8.48. The molecule has 1 unspecified atom stereocenters. The van der Waals surface area contributed by atoms with Crippen molar-refractivity contribution in [2.75, 3.05) is 23.3 Å². The van der Waals surface area contributed by atoms with E-state index in [1.54, 1.807) is 16.3 Å². The number of benzene rings is 1. The first-order valence-corrected chi connectivity index (χ1v) is 12.2. The van der Waals surface area contributed by atoms with E-state index >= 15 is 0 Å². The Labute approximate surface area is 193 Å². The summed E-state index contributed by atoms with van der Waals surface area (Å²) in [7, 11) is 0. The fourth-order valence-corrected chi connectivity index (χ4v) is 5.76. The van der Waals surface area contributed by atoms with Gasteiger partial charge in [0.15, 0.2) is 5.13 Å². The summed E-state index contributed by atoms with van der Waals surface area (Å²) < 4.78 is 0. The molecule has 1 fully saturated rings. The molecule has 164 valence electrons. The van der Waals surface area contributed by atoms with Gasteiger partial charge in [-0.3, -0.25) is 19.7 Å². The molecule has 3 aromatic rings. The van der Waals surface area contributed by atoms with Gasteiger partial charge in [-0.15, -0.1) is 0 Å². The van der Waals surface area contributed by atoms with Crippen molar-refractivity contribution in [2.24, 2.45) is 5.92 Å². The van der Waals surface area contributed by atoms with Crippen LogP contribution in [-0.4, -0.2) is 40.7 Å². The Balaban J connectivity index is 1.24. The molecular weight excluding hydrogens is 444 g/mol. The Bertz CT molecular complexity index is 1170. The number of amides is 3. The highest BCUT2D eigenvalue weighted by Crippen LogP contribution is 2.32. The van der Waals surface area contributed by atoms with Crippen molar-refractivity contribution in [3.8, 4) is 0 Å². The second-order valence-corrected chi connectivity index (χ2v) is 9.97. The topological polar surface area (TPSA) is 82.6 Å². The number of fused-ring (bicyclic) bond motifs is 1. The largest absolute Gasteiger partial charge is 0.337 e. The maximum atomic E-state index is 13.2. The maximum absolute atomic E-state index is 13.2. The van der Waals surface area contributed by atoms with E-state index in [0.717, 1.165) is 21.8 Å². The molecule has 1 aromatic carbocycles. The average Bonchev–Trinajstić information content (AvgIpc) is 3.53. The molecular formula is C23H22N4O3S2. The van der Waals surface area contributed by atoms with Crippen molar-refractivity contribution in [3.63, 3.8) is 0 Å². The van der Waals surface area contributed by atoms with E-state index in [4.69, 9.17) is 0 Å². The Morgan fingerprint density at radius 2 is 2.00 bits per heavy atom. The smallest absolute Gasteiger partial charge is 0.258 e. The highest BCUT2D eigenvalue weighted by atomic mass is 32.1. The van der Waals surface area contributed by atoms with Crippen molar-refractivity contribution >= 4 is 51.2 Å². The number of rotatable bonds is 4. The molecule has 0 bridgehead atoms. The molecule has 4 heterocycles. The molecule has 3 amide bonds. The number of thiophene rings is 1. The highest BCUT2D eigenvalue weighted by molar-refractivity contribution is 7.16. The number of thiazole rings is 1. The number of anilines is 2. The normalized spacial score (nSPS) is 18.0. The van der Waals surface area contributed by atoms with E-state index in [1.165, 1.54) is 22.7 Å². The van der Waals surface area contributed by atoms with Gasteiger partial charge in [0.25, 0.3) is 5.91 Å². The average molecular weight is 467 g/mol. The van der Waals surface area contributed by atoms with E-state index in [2.05, 4.69) is 10.3 Å². The molecule has 0 aliphatic carbocycles. The number of hydrogen-bond acceptors (Lipinski definition) is 6. The van der Waals surface area contributed by atoms with Crippen LogP contribution in [-0.2, 0) is 22.6 Å². The van der Waals surface area contributed by atoms with Gasteiger partial charge in [-0.05, 0) is 30.5 Å². The van der Waals surface area contributed by atoms with Crippen LogP contribution in [0.25, 0.3) is 0 Å². The second-order valence-electron chi connectivity index (χ2n) is 8.11. The summed E-state index contributed by atoms with van der Waals surface area (Å²) in [4.78, 5) is 47.1. The maximum Gasteiger partial charge on any atom is 0.258 e. The number of nitrogens with one attached hydrogen (secondary N) is 1. The minimum absolute atomic E-state index is 0.0101. The zero-order chi connectivity index (χ0) is 22.2. The van der Waals surface area contributed by atoms with Gasteiger partial charge in [0, 0.05) is 41.9 Å². The minimum Gasteiger partial charge on any atom is -0.337 e. The standard InChI is InChI=1S/C23H22N4O3S2/c1-14-2-4-17(5-3-14)27-11-16(10-20(27)28)22(30)26-8-6-18-19(12-26)32-23(24-18)25-21(29)15-7-9-31-13-15/h2-5,7,9,13,16H,6,8,10-12H2,1H3,(H,24,25,29). The zero-order valence-corrected chi connectivity index (χ0v) is 19.2. The fraction of sp³-hybridized carbons (Fsp3) is 0.304. The zero-order valence-electron chi connectivity index (χ0n) is 17.5. The number of aryl methyl sites for hydroxylation is 1. The summed E-state index contributed by atoms with van der Waals surface area (Å²) in [5.74, 6) is -0.515. The lowest BCUT2D eigenvalue weighted by atomic mass is 10.1. The number of carbonyl (C=O) groups excluding carboxylic acids is 3. The van der Waals surface area contributed by atoms with Crippen molar-refractivity contribution in [1.82, 2.24) is 9.88 Å². The summed E-state index contributed by atoms with van der Waals surface area (Å²) in [6.07, 6.45) is 0.884. The monoisotopic (exact) mass is 466 g/mol. The first kappa shape index (κ1) is 20.8. The van der Waals surface area contributed by atoms with Crippen LogP contribution in [0.2, 0.25) is 0 Å². The number of aromatic nitrogens is 1. The Hall–Kier alpha value is -3.04. The Morgan fingerprint density at radius 3 is 2.75 bits per heavy atom. The third-order valence-electron chi connectivity index (χ3n) is 5.87. The van der Waals surface area contributed by atoms with Crippen LogP contribution in [0.4, 0.5) is 10.8 Å². The molecule has 0 radical (unpaired) electrons. The predicted molar refractivity (Wildman–Crippen MR) is 125 cm³/mol. The van der Waals surface area contributed by atoms with Gasteiger partial charge in [-0.1, -0.05) is 29.0 Å². The molecule has 5 rings (SSSR count). The highest BCUT2D eigenvalue weighted by Gasteiger charge is 2.38. The van der Waals surface area contributed by atoms with Gasteiger partial charge in [-0.2, -0.15) is 11.3 Å². The fourth-order valence-electron chi connectivity index (χ4n) is 4.11. The predicted octanol–water partition coefficient (Wildman–Crippen LogP) is 3.70. The summed E-state index contributed by atoms with van der Waals surface area (Å²) in [6.45, 7) is 3.46. The molecule has 2 aliphatic rings.